The largest absolute Gasteiger partial charge is 0.263 e. The molecule has 0 unspecified atom stereocenters. The van der Waals surface area contributed by atoms with Crippen LogP contribution in [0.2, 0.25) is 0 Å². The number of rotatable bonds is 3. The number of aryl methyl sites for hydroxylation is 2. The zero-order valence-corrected chi connectivity index (χ0v) is 14.1. The highest BCUT2D eigenvalue weighted by Gasteiger charge is 2.23. The number of anilines is 1. The van der Waals surface area contributed by atoms with E-state index >= 15 is 0 Å². The molecule has 1 aromatic carbocycles. The van der Waals surface area contributed by atoms with Gasteiger partial charge < -0.3 is 0 Å². The summed E-state index contributed by atoms with van der Waals surface area (Å²) in [4.78, 5) is 0.330. The van der Waals surface area contributed by atoms with Gasteiger partial charge in [0.05, 0.1) is 15.6 Å². The van der Waals surface area contributed by atoms with Gasteiger partial charge in [0.25, 0.3) is 10.0 Å². The molecule has 0 bridgehead atoms. The van der Waals surface area contributed by atoms with E-state index in [0.717, 1.165) is 22.3 Å². The third kappa shape index (κ3) is 2.60. The standard InChI is InChI=1S/C13H16BrN3O2S/c1-7-5-8(2)10(4)12(9(7)3)20(18,19)17-13-11(14)6-15-16-13/h5-6H,1-4H3,(H2,15,16,17). The van der Waals surface area contributed by atoms with Crippen LogP contribution in [0.1, 0.15) is 22.3 Å². The molecule has 0 fully saturated rings. The summed E-state index contributed by atoms with van der Waals surface area (Å²) < 4.78 is 28.3. The smallest absolute Gasteiger partial charge is 0.263 e. The maximum atomic E-state index is 12.6. The number of hydrogen-bond acceptors (Lipinski definition) is 3. The summed E-state index contributed by atoms with van der Waals surface area (Å²) in [6.45, 7) is 7.45. The Bertz CT molecular complexity index is 740. The fourth-order valence-electron chi connectivity index (χ4n) is 2.11. The molecule has 1 heterocycles. The van der Waals surface area contributed by atoms with E-state index in [1.165, 1.54) is 6.20 Å². The molecular weight excluding hydrogens is 342 g/mol. The van der Waals surface area contributed by atoms with Crippen molar-refractivity contribution in [3.8, 4) is 0 Å². The minimum atomic E-state index is -3.66. The van der Waals surface area contributed by atoms with Crippen molar-refractivity contribution in [1.29, 1.82) is 0 Å². The number of sulfonamides is 1. The Morgan fingerprint density at radius 3 is 2.15 bits per heavy atom. The predicted octanol–water partition coefficient (Wildman–Crippen LogP) is 3.21. The molecule has 0 saturated heterocycles. The Labute approximate surface area is 127 Å². The second-order valence-corrected chi connectivity index (χ2v) is 7.26. The van der Waals surface area contributed by atoms with Crippen molar-refractivity contribution in [2.24, 2.45) is 0 Å². The van der Waals surface area contributed by atoms with Gasteiger partial charge in [-0.1, -0.05) is 6.07 Å². The summed E-state index contributed by atoms with van der Waals surface area (Å²) in [5, 5.41) is 6.39. The van der Waals surface area contributed by atoms with Gasteiger partial charge in [-0.3, -0.25) is 9.82 Å². The number of benzene rings is 1. The van der Waals surface area contributed by atoms with Gasteiger partial charge in [-0.15, -0.1) is 0 Å². The summed E-state index contributed by atoms with van der Waals surface area (Å²) in [6, 6.07) is 2.00. The van der Waals surface area contributed by atoms with Crippen LogP contribution in [-0.2, 0) is 10.0 Å². The van der Waals surface area contributed by atoms with Gasteiger partial charge in [-0.05, 0) is 65.9 Å². The van der Waals surface area contributed by atoms with Gasteiger partial charge >= 0.3 is 0 Å². The zero-order chi connectivity index (χ0) is 15.1. The molecule has 0 aliphatic rings. The highest BCUT2D eigenvalue weighted by atomic mass is 79.9. The van der Waals surface area contributed by atoms with Crippen LogP contribution in [0.3, 0.4) is 0 Å². The average Bonchev–Trinajstić information content (AvgIpc) is 2.72. The quantitative estimate of drug-likeness (QED) is 0.885. The van der Waals surface area contributed by atoms with Crippen LogP contribution >= 0.6 is 15.9 Å². The average molecular weight is 358 g/mol. The van der Waals surface area contributed by atoms with Gasteiger partial charge in [-0.2, -0.15) is 5.10 Å². The first kappa shape index (κ1) is 15.1. The van der Waals surface area contributed by atoms with Crippen molar-refractivity contribution in [3.63, 3.8) is 0 Å². The van der Waals surface area contributed by atoms with Crippen LogP contribution in [0.4, 0.5) is 5.82 Å². The predicted molar refractivity (Wildman–Crippen MR) is 82.5 cm³/mol. The fraction of sp³-hybridized carbons (Fsp3) is 0.308. The third-order valence-corrected chi connectivity index (χ3v) is 5.62. The first-order chi connectivity index (χ1) is 9.24. The monoisotopic (exact) mass is 357 g/mol. The summed E-state index contributed by atoms with van der Waals surface area (Å²) >= 11 is 3.24. The van der Waals surface area contributed by atoms with Crippen LogP contribution in [0.5, 0.6) is 0 Å². The maximum Gasteiger partial charge on any atom is 0.263 e. The lowest BCUT2D eigenvalue weighted by molar-refractivity contribution is 0.599. The molecule has 0 aliphatic carbocycles. The van der Waals surface area contributed by atoms with Crippen molar-refractivity contribution in [2.75, 3.05) is 4.72 Å². The van der Waals surface area contributed by atoms with Crippen LogP contribution in [0, 0.1) is 27.7 Å². The Hall–Kier alpha value is -1.34. The topological polar surface area (TPSA) is 74.8 Å². The summed E-state index contributed by atoms with van der Waals surface area (Å²) in [7, 11) is -3.66. The second-order valence-electron chi connectivity index (χ2n) is 4.79. The molecule has 108 valence electrons. The van der Waals surface area contributed by atoms with Gasteiger partial charge in [-0.25, -0.2) is 8.42 Å². The van der Waals surface area contributed by atoms with E-state index in [1.54, 1.807) is 0 Å². The Balaban J connectivity index is 2.58. The number of aromatic amines is 1. The summed E-state index contributed by atoms with van der Waals surface area (Å²) in [5.74, 6) is 0.322. The lowest BCUT2D eigenvalue weighted by Crippen LogP contribution is -2.17. The first-order valence-corrected chi connectivity index (χ1v) is 8.30. The molecular formula is C13H16BrN3O2S. The van der Waals surface area contributed by atoms with Crippen LogP contribution < -0.4 is 4.72 Å². The molecule has 5 nitrogen and oxygen atoms in total. The van der Waals surface area contributed by atoms with Gasteiger partial charge in [0, 0.05) is 0 Å². The molecule has 0 atom stereocenters. The zero-order valence-electron chi connectivity index (χ0n) is 11.7. The molecule has 0 amide bonds. The van der Waals surface area contributed by atoms with Gasteiger partial charge in [0.2, 0.25) is 0 Å². The van der Waals surface area contributed by atoms with Gasteiger partial charge in [0.15, 0.2) is 0 Å². The molecule has 0 aliphatic heterocycles. The Morgan fingerprint density at radius 1 is 1.15 bits per heavy atom. The molecule has 0 spiro atoms. The first-order valence-electron chi connectivity index (χ1n) is 6.03. The molecule has 2 rings (SSSR count). The number of nitrogens with one attached hydrogen (secondary N) is 2. The van der Waals surface area contributed by atoms with Crippen LogP contribution in [0.15, 0.2) is 21.6 Å². The van der Waals surface area contributed by atoms with E-state index in [0.29, 0.717) is 15.2 Å². The number of nitrogens with zero attached hydrogens (tertiary/aromatic N) is 1. The second kappa shape index (κ2) is 5.21. The number of aromatic nitrogens is 2. The van der Waals surface area contributed by atoms with Crippen molar-refractivity contribution in [1.82, 2.24) is 10.2 Å². The number of H-pyrrole nitrogens is 1. The summed E-state index contributed by atoms with van der Waals surface area (Å²) in [5.41, 5.74) is 3.43. The Morgan fingerprint density at radius 2 is 1.70 bits per heavy atom. The van der Waals surface area contributed by atoms with Crippen molar-refractivity contribution < 1.29 is 8.42 Å². The molecule has 0 radical (unpaired) electrons. The highest BCUT2D eigenvalue weighted by Crippen LogP contribution is 2.29. The Kier molecular flexibility index (Phi) is 3.93. The molecule has 2 N–H and O–H groups in total. The molecule has 2 aromatic rings. The number of halogens is 1. The molecule has 0 saturated carbocycles. The van der Waals surface area contributed by atoms with Gasteiger partial charge in [0.1, 0.15) is 5.82 Å². The molecule has 20 heavy (non-hydrogen) atoms. The minimum Gasteiger partial charge on any atom is -0.263 e. The minimum absolute atomic E-state index is 0.322. The van der Waals surface area contributed by atoms with Crippen molar-refractivity contribution >= 4 is 31.8 Å². The van der Waals surface area contributed by atoms with E-state index in [4.69, 9.17) is 0 Å². The summed E-state index contributed by atoms with van der Waals surface area (Å²) in [6.07, 6.45) is 1.50. The molecule has 1 aromatic heterocycles. The van der Waals surface area contributed by atoms with E-state index in [2.05, 4.69) is 30.8 Å². The fourth-order valence-corrected chi connectivity index (χ4v) is 4.19. The normalized spacial score (nSPS) is 11.7. The lowest BCUT2D eigenvalue weighted by Gasteiger charge is -2.16. The third-order valence-electron chi connectivity index (χ3n) is 3.40. The van der Waals surface area contributed by atoms with E-state index in [9.17, 15) is 8.42 Å². The molecule has 7 heteroatoms. The maximum absolute atomic E-state index is 12.6. The van der Waals surface area contributed by atoms with E-state index < -0.39 is 10.0 Å². The van der Waals surface area contributed by atoms with E-state index in [1.807, 2.05) is 33.8 Å². The van der Waals surface area contributed by atoms with E-state index in [-0.39, 0.29) is 0 Å². The lowest BCUT2D eigenvalue weighted by atomic mass is 10.0. The van der Waals surface area contributed by atoms with Crippen LogP contribution in [0.25, 0.3) is 0 Å². The highest BCUT2D eigenvalue weighted by molar-refractivity contribution is 9.10. The van der Waals surface area contributed by atoms with Crippen molar-refractivity contribution in [3.05, 3.63) is 39.0 Å². The number of hydrogen-bond donors (Lipinski definition) is 2. The van der Waals surface area contributed by atoms with Crippen molar-refractivity contribution in [2.45, 2.75) is 32.6 Å². The SMILES string of the molecule is Cc1cc(C)c(C)c(S(=O)(=O)Nc2[nH]ncc2Br)c1C. The van der Waals surface area contributed by atoms with Crippen LogP contribution in [-0.4, -0.2) is 18.6 Å².